The Balaban J connectivity index is 1.09. The average molecular weight is 727 g/mol. The number of benzene rings is 6. The van der Waals surface area contributed by atoms with Gasteiger partial charge < -0.3 is 0 Å². The van der Waals surface area contributed by atoms with Crippen molar-refractivity contribution in [3.63, 3.8) is 0 Å². The molecule has 55 heavy (non-hydrogen) atoms. The van der Waals surface area contributed by atoms with Crippen LogP contribution in [0.15, 0.2) is 188 Å². The molecule has 8 aromatic rings. The molecule has 0 N–H and O–H groups in total. The first kappa shape index (κ1) is 34.0. The molecule has 0 spiro atoms. The van der Waals surface area contributed by atoms with Crippen LogP contribution in [-0.4, -0.2) is 19.9 Å². The zero-order valence-electron chi connectivity index (χ0n) is 30.0. The van der Waals surface area contributed by atoms with Crippen molar-refractivity contribution >= 4 is 17.2 Å². The number of aromatic nitrogens is 4. The van der Waals surface area contributed by atoms with Gasteiger partial charge in [0.05, 0.1) is 22.8 Å². The van der Waals surface area contributed by atoms with Crippen LogP contribution in [0.25, 0.3) is 84.4 Å². The van der Waals surface area contributed by atoms with Crippen molar-refractivity contribution in [2.45, 2.75) is 12.8 Å². The zero-order chi connectivity index (χ0) is 37.0. The van der Waals surface area contributed by atoms with Crippen LogP contribution in [0.1, 0.15) is 18.5 Å². The largest absolute Gasteiger partial charge is 0.228 e. The predicted octanol–water partition coefficient (Wildman–Crippen LogP) is 13.3. The number of nitrogens with zero attached hydrogens (tertiary/aromatic N) is 4. The second kappa shape index (κ2) is 15.3. The first-order valence-electron chi connectivity index (χ1n) is 18.5. The van der Waals surface area contributed by atoms with Gasteiger partial charge in [0.1, 0.15) is 0 Å². The summed E-state index contributed by atoms with van der Waals surface area (Å²) in [5, 5.41) is 0.651. The fourth-order valence-electron chi connectivity index (χ4n) is 6.97. The van der Waals surface area contributed by atoms with Crippen molar-refractivity contribution in [2.75, 3.05) is 0 Å². The van der Waals surface area contributed by atoms with E-state index >= 15 is 0 Å². The van der Waals surface area contributed by atoms with E-state index in [1.165, 1.54) is 0 Å². The Hall–Kier alpha value is -6.75. The van der Waals surface area contributed by atoms with E-state index in [1.807, 2.05) is 66.7 Å². The highest BCUT2D eigenvalue weighted by Gasteiger charge is 2.15. The van der Waals surface area contributed by atoms with Gasteiger partial charge in [-0.3, -0.25) is 0 Å². The summed E-state index contributed by atoms with van der Waals surface area (Å²) < 4.78 is 0. The van der Waals surface area contributed by atoms with Gasteiger partial charge in [0, 0.05) is 32.8 Å². The lowest BCUT2D eigenvalue weighted by Gasteiger charge is -2.13. The van der Waals surface area contributed by atoms with Crippen LogP contribution in [0.2, 0.25) is 5.02 Å². The lowest BCUT2D eigenvalue weighted by atomic mass is 9.96. The first-order chi connectivity index (χ1) is 27.1. The van der Waals surface area contributed by atoms with Crippen LogP contribution in [-0.2, 0) is 0 Å². The Kier molecular flexibility index (Phi) is 9.48. The summed E-state index contributed by atoms with van der Waals surface area (Å²) >= 11 is 6.87. The Morgan fingerprint density at radius 1 is 0.345 bits per heavy atom. The van der Waals surface area contributed by atoms with Crippen LogP contribution < -0.4 is 0 Å². The number of hydrogen-bond acceptors (Lipinski definition) is 4. The highest BCUT2D eigenvalue weighted by Crippen LogP contribution is 2.35. The van der Waals surface area contributed by atoms with Crippen LogP contribution in [0.5, 0.6) is 0 Å². The van der Waals surface area contributed by atoms with Crippen molar-refractivity contribution in [1.82, 2.24) is 19.9 Å². The molecular formula is C50H35ClN4. The van der Waals surface area contributed by atoms with Gasteiger partial charge in [-0.2, -0.15) is 0 Å². The summed E-state index contributed by atoms with van der Waals surface area (Å²) in [6.07, 6.45) is 8.68. The molecule has 0 fully saturated rings. The van der Waals surface area contributed by atoms with E-state index in [0.717, 1.165) is 91.3 Å². The second-order valence-electron chi connectivity index (χ2n) is 13.6. The van der Waals surface area contributed by atoms with Crippen molar-refractivity contribution in [3.8, 4) is 78.8 Å². The van der Waals surface area contributed by atoms with Gasteiger partial charge in [0.2, 0.25) is 0 Å². The third-order valence-electron chi connectivity index (χ3n) is 9.76. The van der Waals surface area contributed by atoms with Crippen LogP contribution in [0, 0.1) is 0 Å². The summed E-state index contributed by atoms with van der Waals surface area (Å²) in [6.45, 7) is 0. The fraction of sp³-hybridized carbons (Fsp3) is 0.0400. The molecule has 0 saturated heterocycles. The molecule has 0 saturated carbocycles. The minimum Gasteiger partial charge on any atom is -0.228 e. The van der Waals surface area contributed by atoms with Gasteiger partial charge in [-0.05, 0) is 83.1 Å². The second-order valence-corrected chi connectivity index (χ2v) is 14.0. The number of allylic oxidation sites excluding steroid dienone is 4. The van der Waals surface area contributed by atoms with E-state index < -0.39 is 0 Å². The van der Waals surface area contributed by atoms with E-state index in [4.69, 9.17) is 31.5 Å². The Morgan fingerprint density at radius 2 is 0.745 bits per heavy atom. The number of hydrogen-bond donors (Lipinski definition) is 0. The first-order valence-corrected chi connectivity index (χ1v) is 18.8. The summed E-state index contributed by atoms with van der Waals surface area (Å²) in [5.74, 6) is 1.34. The van der Waals surface area contributed by atoms with Gasteiger partial charge in [0.15, 0.2) is 11.6 Å². The normalized spacial score (nSPS) is 12.3. The lowest BCUT2D eigenvalue weighted by molar-refractivity contribution is 1.03. The molecule has 4 nitrogen and oxygen atoms in total. The lowest BCUT2D eigenvalue weighted by Crippen LogP contribution is -1.99. The van der Waals surface area contributed by atoms with Crippen LogP contribution in [0.4, 0.5) is 0 Å². The van der Waals surface area contributed by atoms with E-state index in [9.17, 15) is 0 Å². The van der Waals surface area contributed by atoms with Crippen molar-refractivity contribution in [3.05, 3.63) is 199 Å². The Morgan fingerprint density at radius 3 is 1.20 bits per heavy atom. The van der Waals surface area contributed by atoms with E-state index in [-0.39, 0.29) is 0 Å². The summed E-state index contributed by atoms with van der Waals surface area (Å²) in [6, 6.07) is 57.9. The maximum atomic E-state index is 6.87. The molecule has 2 heterocycles. The molecule has 0 unspecified atom stereocenters. The van der Waals surface area contributed by atoms with Crippen LogP contribution >= 0.6 is 11.6 Å². The minimum atomic E-state index is 0.651. The van der Waals surface area contributed by atoms with E-state index in [2.05, 4.69) is 121 Å². The summed E-state index contributed by atoms with van der Waals surface area (Å²) in [4.78, 5) is 20.3. The number of halogens is 1. The third-order valence-corrected chi connectivity index (χ3v) is 9.98. The smallest absolute Gasteiger partial charge is 0.160 e. The molecule has 5 heteroatoms. The Labute approximate surface area is 326 Å². The molecule has 1 aliphatic rings. The van der Waals surface area contributed by atoms with Gasteiger partial charge in [-0.1, -0.05) is 157 Å². The molecule has 0 bridgehead atoms. The quantitative estimate of drug-likeness (QED) is 0.156. The highest BCUT2D eigenvalue weighted by molar-refractivity contribution is 6.31. The molecule has 9 rings (SSSR count). The maximum Gasteiger partial charge on any atom is 0.160 e. The molecule has 0 aliphatic heterocycles. The maximum absolute atomic E-state index is 6.87. The number of rotatable bonds is 8. The van der Waals surface area contributed by atoms with Gasteiger partial charge in [-0.15, -0.1) is 0 Å². The molecule has 0 amide bonds. The molecule has 0 atom stereocenters. The molecule has 0 radical (unpaired) electrons. The standard InChI is InChI=1S/C50H35ClN4/c51-44-30-42(38-23-13-25-40(27-38)49-52-45(34-15-5-1-6-16-34)32-46(53-49)35-17-7-2-8-18-35)29-43(31-44)39-24-14-26-41(28-39)50-54-47(36-19-9-3-10-20-36)33-48(55-50)37-21-11-4-12-22-37/h1-3,5-11,13-33H,4,12H2. The van der Waals surface area contributed by atoms with E-state index in [0.29, 0.717) is 16.7 Å². The summed E-state index contributed by atoms with van der Waals surface area (Å²) in [5.41, 5.74) is 13.7. The molecule has 1 aliphatic carbocycles. The fourth-order valence-corrected chi connectivity index (χ4v) is 7.21. The van der Waals surface area contributed by atoms with Crippen molar-refractivity contribution < 1.29 is 0 Å². The topological polar surface area (TPSA) is 51.6 Å². The monoisotopic (exact) mass is 726 g/mol. The van der Waals surface area contributed by atoms with Gasteiger partial charge in [0.25, 0.3) is 0 Å². The van der Waals surface area contributed by atoms with Gasteiger partial charge in [-0.25, -0.2) is 19.9 Å². The Bertz CT molecular complexity index is 2650. The SMILES string of the molecule is Clc1cc(-c2cccc(-c3nc(C4=CCCC=C4)cc(-c4ccccc4)n3)c2)cc(-c2cccc(-c3nc(-c4ccccc4)cc(-c4ccccc4)n3)c2)c1. The molecule has 262 valence electrons. The van der Waals surface area contributed by atoms with Crippen LogP contribution in [0.3, 0.4) is 0 Å². The highest BCUT2D eigenvalue weighted by atomic mass is 35.5. The van der Waals surface area contributed by atoms with Crippen molar-refractivity contribution in [1.29, 1.82) is 0 Å². The van der Waals surface area contributed by atoms with Crippen molar-refractivity contribution in [2.24, 2.45) is 0 Å². The summed E-state index contributed by atoms with van der Waals surface area (Å²) in [7, 11) is 0. The zero-order valence-corrected chi connectivity index (χ0v) is 30.7. The van der Waals surface area contributed by atoms with Gasteiger partial charge >= 0.3 is 0 Å². The van der Waals surface area contributed by atoms with E-state index in [1.54, 1.807) is 0 Å². The minimum absolute atomic E-state index is 0.651. The third kappa shape index (κ3) is 7.54. The predicted molar refractivity (Wildman–Crippen MR) is 227 cm³/mol. The molecule has 2 aromatic heterocycles. The molecule has 6 aromatic carbocycles. The average Bonchev–Trinajstić information content (AvgIpc) is 3.27. The molecular weight excluding hydrogens is 692 g/mol.